The van der Waals surface area contributed by atoms with Gasteiger partial charge in [-0.2, -0.15) is 0 Å². The van der Waals surface area contributed by atoms with Gasteiger partial charge in [-0.1, -0.05) is 70.5 Å². The second-order valence-electron chi connectivity index (χ2n) is 10.3. The van der Waals surface area contributed by atoms with E-state index in [9.17, 15) is 18.0 Å². The zero-order valence-corrected chi connectivity index (χ0v) is 26.4. The highest BCUT2D eigenvalue weighted by Crippen LogP contribution is 2.28. The van der Waals surface area contributed by atoms with Crippen LogP contribution in [0.25, 0.3) is 0 Å². The van der Waals surface area contributed by atoms with Gasteiger partial charge in [-0.05, 0) is 72.1 Å². The first-order valence-corrected chi connectivity index (χ1v) is 15.8. The van der Waals surface area contributed by atoms with Gasteiger partial charge in [0.25, 0.3) is 0 Å². The van der Waals surface area contributed by atoms with Gasteiger partial charge >= 0.3 is 0 Å². The minimum Gasteiger partial charge on any atom is -0.350 e. The number of benzene rings is 3. The molecule has 0 unspecified atom stereocenters. The van der Waals surface area contributed by atoms with Gasteiger partial charge in [0.2, 0.25) is 21.8 Å². The molecule has 0 bridgehead atoms. The molecule has 0 aromatic heterocycles. The van der Waals surface area contributed by atoms with E-state index in [0.717, 1.165) is 26.2 Å². The molecule has 0 aliphatic heterocycles. The first kappa shape index (κ1) is 30.8. The zero-order valence-electron chi connectivity index (χ0n) is 22.4. The van der Waals surface area contributed by atoms with Crippen LogP contribution in [-0.4, -0.2) is 49.5 Å². The molecule has 0 spiro atoms. The molecule has 2 amide bonds. The largest absolute Gasteiger partial charge is 0.350 e. The van der Waals surface area contributed by atoms with E-state index < -0.39 is 34.1 Å². The lowest BCUT2D eigenvalue weighted by molar-refractivity contribution is -0.140. The van der Waals surface area contributed by atoms with E-state index >= 15 is 0 Å². The summed E-state index contributed by atoms with van der Waals surface area (Å²) in [6, 6.07) is 22.9. The topological polar surface area (TPSA) is 86.8 Å². The monoisotopic (exact) mass is 677 g/mol. The van der Waals surface area contributed by atoms with Crippen molar-refractivity contribution in [2.24, 2.45) is 0 Å². The maximum atomic E-state index is 14.1. The summed E-state index contributed by atoms with van der Waals surface area (Å²) in [7, 11) is -3.83. The number of nitrogens with one attached hydrogen (secondary N) is 1. The molecule has 0 aliphatic carbocycles. The summed E-state index contributed by atoms with van der Waals surface area (Å²) in [5.74, 6) is -0.817. The number of nitrogens with zero attached hydrogens (tertiary/aromatic N) is 2. The van der Waals surface area contributed by atoms with E-state index in [2.05, 4.69) is 37.2 Å². The Kier molecular flexibility index (Phi) is 10.4. The normalized spacial score (nSPS) is 12.5. The fraction of sp³-hybridized carbons (Fsp3) is 0.310. The van der Waals surface area contributed by atoms with E-state index in [1.54, 1.807) is 24.3 Å². The molecule has 39 heavy (non-hydrogen) atoms. The number of para-hydroxylation sites is 1. The van der Waals surface area contributed by atoms with Gasteiger partial charge in [-0.3, -0.25) is 13.9 Å². The molecule has 3 rings (SSSR count). The van der Waals surface area contributed by atoms with Crippen LogP contribution in [0, 0.1) is 0 Å². The van der Waals surface area contributed by atoms with Crippen LogP contribution in [-0.2, 0) is 32.6 Å². The van der Waals surface area contributed by atoms with Gasteiger partial charge in [0.15, 0.2) is 0 Å². The highest BCUT2D eigenvalue weighted by molar-refractivity contribution is 9.10. The number of amides is 2. The molecular weight excluding hydrogens is 646 g/mol. The van der Waals surface area contributed by atoms with Crippen molar-refractivity contribution in [3.8, 4) is 0 Å². The van der Waals surface area contributed by atoms with Crippen molar-refractivity contribution < 1.29 is 18.0 Å². The molecule has 7 nitrogen and oxygen atoms in total. The highest BCUT2D eigenvalue weighted by Gasteiger charge is 2.34. The Balaban J connectivity index is 2.09. The molecule has 3 aromatic rings. The standard InChI is InChI=1S/C29H33Br2N3O4S/c1-29(2,3)32-28(36)26(18-21-11-6-5-7-12-21)33(19-22-13-10-14-23(30)17-22)27(35)20-34(39(4,37)38)25-16-9-8-15-24(25)31/h5-17,26H,18-20H2,1-4H3,(H,32,36)/t26-/m0/s1. The van der Waals surface area contributed by atoms with Crippen molar-refractivity contribution in [3.63, 3.8) is 0 Å². The Hall–Kier alpha value is -2.69. The Bertz CT molecular complexity index is 1410. The van der Waals surface area contributed by atoms with Gasteiger partial charge in [0.1, 0.15) is 12.6 Å². The van der Waals surface area contributed by atoms with Gasteiger partial charge in [0.05, 0.1) is 11.9 Å². The Labute approximate surface area is 247 Å². The van der Waals surface area contributed by atoms with Crippen LogP contribution in [0.1, 0.15) is 31.9 Å². The number of rotatable bonds is 10. The van der Waals surface area contributed by atoms with Crippen LogP contribution in [0.3, 0.4) is 0 Å². The third kappa shape index (κ3) is 9.19. The van der Waals surface area contributed by atoms with Crippen LogP contribution in [0.2, 0.25) is 0 Å². The van der Waals surface area contributed by atoms with Gasteiger partial charge < -0.3 is 10.2 Å². The van der Waals surface area contributed by atoms with Crippen molar-refractivity contribution in [2.45, 2.75) is 45.3 Å². The predicted octanol–water partition coefficient (Wildman–Crippen LogP) is 5.53. The number of hydrogen-bond donors (Lipinski definition) is 1. The minimum absolute atomic E-state index is 0.112. The minimum atomic E-state index is -3.83. The second-order valence-corrected chi connectivity index (χ2v) is 14.0. The summed E-state index contributed by atoms with van der Waals surface area (Å²) < 4.78 is 28.2. The molecule has 0 fully saturated rings. The van der Waals surface area contributed by atoms with Crippen LogP contribution in [0.4, 0.5) is 5.69 Å². The average Bonchev–Trinajstić information content (AvgIpc) is 2.84. The SMILES string of the molecule is CC(C)(C)NC(=O)[C@H](Cc1ccccc1)N(Cc1cccc(Br)c1)C(=O)CN(c1ccccc1Br)S(C)(=O)=O. The quantitative estimate of drug-likeness (QED) is 0.306. The first-order chi connectivity index (χ1) is 18.2. The van der Waals surface area contributed by atoms with E-state index in [-0.39, 0.29) is 18.9 Å². The maximum absolute atomic E-state index is 14.1. The Morgan fingerprint density at radius 3 is 2.10 bits per heavy atom. The Morgan fingerprint density at radius 1 is 0.897 bits per heavy atom. The third-order valence-electron chi connectivity index (χ3n) is 5.81. The van der Waals surface area contributed by atoms with E-state index in [4.69, 9.17) is 0 Å². The van der Waals surface area contributed by atoms with Crippen LogP contribution < -0.4 is 9.62 Å². The molecule has 0 saturated heterocycles. The van der Waals surface area contributed by atoms with E-state index in [1.807, 2.05) is 75.4 Å². The fourth-order valence-electron chi connectivity index (χ4n) is 4.09. The smallest absolute Gasteiger partial charge is 0.244 e. The summed E-state index contributed by atoms with van der Waals surface area (Å²) in [4.78, 5) is 29.3. The summed E-state index contributed by atoms with van der Waals surface area (Å²) in [5.41, 5.74) is 1.48. The van der Waals surface area contributed by atoms with Gasteiger partial charge in [-0.25, -0.2) is 8.42 Å². The molecular formula is C29H33Br2N3O4S. The molecule has 1 atom stereocenters. The Morgan fingerprint density at radius 2 is 1.51 bits per heavy atom. The van der Waals surface area contributed by atoms with E-state index in [1.165, 1.54) is 4.90 Å². The van der Waals surface area contributed by atoms with Crippen molar-refractivity contribution in [2.75, 3.05) is 17.1 Å². The fourth-order valence-corrected chi connectivity index (χ4v) is 6.01. The molecule has 3 aromatic carbocycles. The molecule has 10 heteroatoms. The number of carbonyl (C=O) groups is 2. The lowest BCUT2D eigenvalue weighted by Gasteiger charge is -2.35. The number of sulfonamides is 1. The van der Waals surface area contributed by atoms with Crippen molar-refractivity contribution in [3.05, 3.63) is 98.9 Å². The third-order valence-corrected chi connectivity index (χ3v) is 8.10. The van der Waals surface area contributed by atoms with Crippen molar-refractivity contribution >= 4 is 59.4 Å². The molecule has 0 heterocycles. The van der Waals surface area contributed by atoms with Crippen LogP contribution in [0.5, 0.6) is 0 Å². The van der Waals surface area contributed by atoms with Crippen molar-refractivity contribution in [1.29, 1.82) is 0 Å². The first-order valence-electron chi connectivity index (χ1n) is 12.4. The van der Waals surface area contributed by atoms with Gasteiger partial charge in [0, 0.05) is 27.4 Å². The number of anilines is 1. The molecule has 208 valence electrons. The van der Waals surface area contributed by atoms with Crippen molar-refractivity contribution in [1.82, 2.24) is 10.2 Å². The number of hydrogen-bond acceptors (Lipinski definition) is 4. The van der Waals surface area contributed by atoms with E-state index in [0.29, 0.717) is 10.2 Å². The molecule has 0 saturated carbocycles. The molecule has 0 radical (unpaired) electrons. The van der Waals surface area contributed by atoms with Gasteiger partial charge in [-0.15, -0.1) is 0 Å². The highest BCUT2D eigenvalue weighted by atomic mass is 79.9. The average molecular weight is 679 g/mol. The molecule has 1 N–H and O–H groups in total. The molecule has 0 aliphatic rings. The second kappa shape index (κ2) is 13.1. The summed E-state index contributed by atoms with van der Waals surface area (Å²) in [6.07, 6.45) is 1.32. The summed E-state index contributed by atoms with van der Waals surface area (Å²) in [5, 5.41) is 3.01. The van der Waals surface area contributed by atoms with Crippen LogP contribution in [0.15, 0.2) is 87.8 Å². The van der Waals surface area contributed by atoms with Crippen LogP contribution >= 0.6 is 31.9 Å². The lowest BCUT2D eigenvalue weighted by Crippen LogP contribution is -2.56. The lowest BCUT2D eigenvalue weighted by atomic mass is 10.0. The summed E-state index contributed by atoms with van der Waals surface area (Å²) in [6.45, 7) is 5.28. The maximum Gasteiger partial charge on any atom is 0.244 e. The zero-order chi connectivity index (χ0) is 28.8. The number of carbonyl (C=O) groups excluding carboxylic acids is 2. The predicted molar refractivity (Wildman–Crippen MR) is 163 cm³/mol. The number of halogens is 2. The summed E-state index contributed by atoms with van der Waals surface area (Å²) >= 11 is 6.89.